The van der Waals surface area contributed by atoms with E-state index in [9.17, 15) is 5.11 Å². The molecule has 0 amide bonds. The van der Waals surface area contributed by atoms with E-state index in [1.54, 1.807) is 5.57 Å². The van der Waals surface area contributed by atoms with Crippen LogP contribution in [0.3, 0.4) is 0 Å². The van der Waals surface area contributed by atoms with Crippen molar-refractivity contribution in [3.63, 3.8) is 0 Å². The van der Waals surface area contributed by atoms with Gasteiger partial charge in [0.2, 0.25) is 0 Å². The zero-order chi connectivity index (χ0) is 21.2. The smallest absolute Gasteiger partial charge is 0.0583 e. The van der Waals surface area contributed by atoms with Gasteiger partial charge in [0, 0.05) is 0 Å². The largest absolute Gasteiger partial charge is 0.393 e. The van der Waals surface area contributed by atoms with Crippen LogP contribution in [0.4, 0.5) is 0 Å². The van der Waals surface area contributed by atoms with Gasteiger partial charge in [-0.3, -0.25) is 0 Å². The van der Waals surface area contributed by atoms with Crippen molar-refractivity contribution in [2.75, 3.05) is 0 Å². The molecule has 0 aromatic rings. The Hall–Kier alpha value is -1.08. The van der Waals surface area contributed by atoms with E-state index >= 15 is 0 Å². The monoisotopic (exact) mass is 396 g/mol. The van der Waals surface area contributed by atoms with E-state index in [0.29, 0.717) is 17.3 Å². The summed E-state index contributed by atoms with van der Waals surface area (Å²) in [6.07, 6.45) is 18.8. The zero-order valence-corrected chi connectivity index (χ0v) is 19.6. The molecule has 3 unspecified atom stereocenters. The van der Waals surface area contributed by atoms with Crippen LogP contribution in [0.15, 0.2) is 47.6 Å². The molecule has 162 valence electrons. The summed E-state index contributed by atoms with van der Waals surface area (Å²) in [5, 5.41) is 10.0. The fraction of sp³-hybridized carbons (Fsp3) is 0.714. The normalized spacial score (nSPS) is 38.2. The van der Waals surface area contributed by atoms with Crippen LogP contribution in [-0.2, 0) is 0 Å². The van der Waals surface area contributed by atoms with Crippen LogP contribution in [0, 0.1) is 35.0 Å². The lowest BCUT2D eigenvalue weighted by atomic mass is 9.61. The summed E-state index contributed by atoms with van der Waals surface area (Å²) < 4.78 is 0. The Labute approximate surface area is 180 Å². The second-order valence-corrected chi connectivity index (χ2v) is 10.9. The number of rotatable bonds is 5. The van der Waals surface area contributed by atoms with Gasteiger partial charge in [-0.25, -0.2) is 0 Å². The van der Waals surface area contributed by atoms with Gasteiger partial charge >= 0.3 is 0 Å². The molecule has 1 N–H and O–H groups in total. The Morgan fingerprint density at radius 1 is 1.03 bits per heavy atom. The average Bonchev–Trinajstić information content (AvgIpc) is 3.04. The molecular formula is C28H44O. The molecule has 3 aliphatic rings. The summed E-state index contributed by atoms with van der Waals surface area (Å²) in [4.78, 5) is 0. The number of aliphatic hydroxyl groups excluding tert-OH is 1. The van der Waals surface area contributed by atoms with Crippen LogP contribution in [-0.4, -0.2) is 11.2 Å². The van der Waals surface area contributed by atoms with Crippen molar-refractivity contribution in [1.29, 1.82) is 0 Å². The van der Waals surface area contributed by atoms with E-state index in [4.69, 9.17) is 0 Å². The van der Waals surface area contributed by atoms with Gasteiger partial charge in [-0.15, -0.1) is 0 Å². The molecule has 0 bridgehead atoms. The average molecular weight is 397 g/mol. The van der Waals surface area contributed by atoms with Crippen LogP contribution in [0.1, 0.15) is 86.0 Å². The van der Waals surface area contributed by atoms with Gasteiger partial charge in [-0.2, -0.15) is 0 Å². The minimum absolute atomic E-state index is 0.182. The first kappa shape index (κ1) is 22.6. The fourth-order valence-corrected chi connectivity index (χ4v) is 6.25. The number of fused-ring (bicyclic) bond motifs is 1. The van der Waals surface area contributed by atoms with E-state index in [1.807, 2.05) is 0 Å². The maximum absolute atomic E-state index is 10.0. The molecule has 0 spiro atoms. The minimum atomic E-state index is -0.182. The first-order valence-electron chi connectivity index (χ1n) is 12.2. The molecule has 3 rings (SSSR count). The second-order valence-electron chi connectivity index (χ2n) is 10.9. The summed E-state index contributed by atoms with van der Waals surface area (Å²) in [6, 6.07) is 0. The Balaban J connectivity index is 1.75. The first-order chi connectivity index (χ1) is 13.7. The van der Waals surface area contributed by atoms with Gasteiger partial charge in [-0.1, -0.05) is 76.6 Å². The summed E-state index contributed by atoms with van der Waals surface area (Å²) in [5.74, 6) is 3.58. The standard InChI is InChI=1S/C28H44O/c1-19(2)20(3)9-10-22(5)26-15-16-27-23(8-7-17-28(26,27)6)12-13-24-18-25(29)14-11-21(24)4/h9-10,12-13,19-20,22,25-27,29H,4,7-8,11,14-18H2,1-3,5-6H3/t20?,22-,25-,26?,27?,28-/m1/s1. The lowest BCUT2D eigenvalue weighted by Crippen LogP contribution is -2.35. The molecule has 1 nitrogen and oxygen atoms in total. The SMILES string of the molecule is C=C1CC[C@@H](O)CC1=CC=C1CCC[C@@]2(C)C1CCC2[C@H](C)C=CC(C)C(C)C. The highest BCUT2D eigenvalue weighted by Gasteiger charge is 2.50. The van der Waals surface area contributed by atoms with Crippen molar-refractivity contribution in [2.24, 2.45) is 35.0 Å². The van der Waals surface area contributed by atoms with Crippen LogP contribution in [0.2, 0.25) is 0 Å². The molecule has 6 atom stereocenters. The lowest BCUT2D eigenvalue weighted by Gasteiger charge is -2.44. The molecule has 29 heavy (non-hydrogen) atoms. The summed E-state index contributed by atoms with van der Waals surface area (Å²) in [6.45, 7) is 16.3. The van der Waals surface area contributed by atoms with Crippen molar-refractivity contribution < 1.29 is 5.11 Å². The number of allylic oxidation sites excluding steroid dienone is 6. The van der Waals surface area contributed by atoms with Crippen LogP contribution in [0.5, 0.6) is 0 Å². The van der Waals surface area contributed by atoms with E-state index in [2.05, 4.69) is 65.5 Å². The third-order valence-electron chi connectivity index (χ3n) is 8.63. The van der Waals surface area contributed by atoms with Gasteiger partial charge < -0.3 is 5.11 Å². The molecule has 0 saturated heterocycles. The van der Waals surface area contributed by atoms with Gasteiger partial charge in [0.15, 0.2) is 0 Å². The fourth-order valence-electron chi connectivity index (χ4n) is 6.25. The molecule has 0 aromatic carbocycles. The van der Waals surface area contributed by atoms with Gasteiger partial charge in [-0.05, 0) is 91.9 Å². The van der Waals surface area contributed by atoms with E-state index in [-0.39, 0.29) is 6.10 Å². The third-order valence-corrected chi connectivity index (χ3v) is 8.63. The van der Waals surface area contributed by atoms with Crippen molar-refractivity contribution in [3.8, 4) is 0 Å². The van der Waals surface area contributed by atoms with Crippen LogP contribution >= 0.6 is 0 Å². The maximum Gasteiger partial charge on any atom is 0.0583 e. The summed E-state index contributed by atoms with van der Waals surface area (Å²) in [7, 11) is 0. The maximum atomic E-state index is 10.0. The second kappa shape index (κ2) is 9.38. The zero-order valence-electron chi connectivity index (χ0n) is 19.6. The van der Waals surface area contributed by atoms with E-state index < -0.39 is 0 Å². The molecule has 3 fully saturated rings. The first-order valence-corrected chi connectivity index (χ1v) is 12.2. The Kier molecular flexibility index (Phi) is 7.31. The highest BCUT2D eigenvalue weighted by atomic mass is 16.3. The van der Waals surface area contributed by atoms with Crippen molar-refractivity contribution >= 4 is 0 Å². The van der Waals surface area contributed by atoms with Crippen LogP contribution < -0.4 is 0 Å². The van der Waals surface area contributed by atoms with Crippen molar-refractivity contribution in [1.82, 2.24) is 0 Å². The summed E-state index contributed by atoms with van der Waals surface area (Å²) in [5.41, 5.74) is 4.61. The predicted octanol–water partition coefficient (Wildman–Crippen LogP) is 7.64. The van der Waals surface area contributed by atoms with Crippen LogP contribution in [0.25, 0.3) is 0 Å². The third kappa shape index (κ3) is 4.98. The quantitative estimate of drug-likeness (QED) is 0.473. The highest BCUT2D eigenvalue weighted by Crippen LogP contribution is 2.59. The topological polar surface area (TPSA) is 20.2 Å². The van der Waals surface area contributed by atoms with Crippen molar-refractivity contribution in [2.45, 2.75) is 92.1 Å². The summed E-state index contributed by atoms with van der Waals surface area (Å²) >= 11 is 0. The molecule has 0 heterocycles. The Bertz CT molecular complexity index is 678. The highest BCUT2D eigenvalue weighted by molar-refractivity contribution is 5.36. The Morgan fingerprint density at radius 2 is 1.79 bits per heavy atom. The Morgan fingerprint density at radius 3 is 2.52 bits per heavy atom. The van der Waals surface area contributed by atoms with Crippen molar-refractivity contribution in [3.05, 3.63) is 47.6 Å². The van der Waals surface area contributed by atoms with Gasteiger partial charge in [0.1, 0.15) is 0 Å². The predicted molar refractivity (Wildman–Crippen MR) is 126 cm³/mol. The lowest BCUT2D eigenvalue weighted by molar-refractivity contribution is 0.112. The molecule has 3 aliphatic carbocycles. The number of hydrogen-bond acceptors (Lipinski definition) is 1. The number of hydrogen-bond donors (Lipinski definition) is 1. The molecular weight excluding hydrogens is 352 g/mol. The molecule has 3 saturated carbocycles. The number of aliphatic hydroxyl groups is 1. The molecule has 1 heteroatoms. The van der Waals surface area contributed by atoms with E-state index in [1.165, 1.54) is 43.3 Å². The van der Waals surface area contributed by atoms with Gasteiger partial charge in [0.25, 0.3) is 0 Å². The molecule has 0 aliphatic heterocycles. The van der Waals surface area contributed by atoms with Gasteiger partial charge in [0.05, 0.1) is 6.10 Å². The van der Waals surface area contributed by atoms with E-state index in [0.717, 1.165) is 37.0 Å². The molecule has 0 radical (unpaired) electrons. The minimum Gasteiger partial charge on any atom is -0.393 e. The molecule has 0 aromatic heterocycles.